The van der Waals surface area contributed by atoms with Crippen molar-refractivity contribution in [1.29, 1.82) is 0 Å². The maximum Gasteiger partial charge on any atom is 0.350 e. The fourth-order valence-corrected chi connectivity index (χ4v) is 2.71. The van der Waals surface area contributed by atoms with E-state index in [1.54, 1.807) is 17.5 Å². The maximum atomic E-state index is 12.3. The van der Waals surface area contributed by atoms with Gasteiger partial charge in [0.1, 0.15) is 10.0 Å². The summed E-state index contributed by atoms with van der Waals surface area (Å²) in [5.41, 5.74) is 1.54. The summed E-state index contributed by atoms with van der Waals surface area (Å²) in [5, 5.41) is 4.65. The highest BCUT2D eigenvalue weighted by atomic mass is 35.5. The Balaban J connectivity index is 2.24. The summed E-state index contributed by atoms with van der Waals surface area (Å²) >= 11 is 7.10. The van der Waals surface area contributed by atoms with Gasteiger partial charge in [-0.2, -0.15) is 0 Å². The molecule has 2 rings (SSSR count). The molecule has 1 amide bonds. The van der Waals surface area contributed by atoms with E-state index in [0.29, 0.717) is 22.5 Å². The molecule has 2 heterocycles. The molecule has 0 saturated heterocycles. The molecule has 0 atom stereocenters. The van der Waals surface area contributed by atoms with Crippen LogP contribution in [0.15, 0.2) is 23.6 Å². The SMILES string of the molecule is CCc1cc(C(=O)Nc2ccsc2C(=O)OC)cc(Cl)n1. The minimum absolute atomic E-state index is 0.262. The molecular weight excluding hydrogens is 312 g/mol. The molecule has 0 spiro atoms. The molecule has 0 bridgehead atoms. The van der Waals surface area contributed by atoms with Gasteiger partial charge in [0, 0.05) is 11.3 Å². The molecule has 0 aliphatic carbocycles. The van der Waals surface area contributed by atoms with Crippen molar-refractivity contribution in [2.24, 2.45) is 0 Å². The number of halogens is 1. The van der Waals surface area contributed by atoms with Crippen LogP contribution in [-0.4, -0.2) is 24.0 Å². The Bertz CT molecular complexity index is 685. The summed E-state index contributed by atoms with van der Waals surface area (Å²) in [4.78, 5) is 28.3. The van der Waals surface area contributed by atoms with E-state index in [1.165, 1.54) is 24.5 Å². The number of aromatic nitrogens is 1. The largest absolute Gasteiger partial charge is 0.465 e. The van der Waals surface area contributed by atoms with Crippen LogP contribution in [0.4, 0.5) is 5.69 Å². The van der Waals surface area contributed by atoms with Gasteiger partial charge in [0.25, 0.3) is 5.91 Å². The van der Waals surface area contributed by atoms with Crippen molar-refractivity contribution in [1.82, 2.24) is 4.98 Å². The van der Waals surface area contributed by atoms with E-state index >= 15 is 0 Å². The Morgan fingerprint density at radius 1 is 1.43 bits per heavy atom. The molecular formula is C14H13ClN2O3S. The Hall–Kier alpha value is -1.92. The fraction of sp³-hybridized carbons (Fsp3) is 0.214. The number of ether oxygens (including phenoxy) is 1. The van der Waals surface area contributed by atoms with E-state index in [4.69, 9.17) is 11.6 Å². The number of pyridine rings is 1. The number of carbonyl (C=O) groups is 2. The first-order chi connectivity index (χ1) is 10.0. The number of hydrogen-bond acceptors (Lipinski definition) is 5. The maximum absolute atomic E-state index is 12.3. The molecule has 0 aromatic carbocycles. The number of carbonyl (C=O) groups excluding carboxylic acids is 2. The van der Waals surface area contributed by atoms with Gasteiger partial charge >= 0.3 is 5.97 Å². The number of anilines is 1. The van der Waals surface area contributed by atoms with Crippen LogP contribution in [0.3, 0.4) is 0 Å². The molecule has 7 heteroatoms. The van der Waals surface area contributed by atoms with Gasteiger partial charge in [0.05, 0.1) is 12.8 Å². The minimum Gasteiger partial charge on any atom is -0.465 e. The molecule has 21 heavy (non-hydrogen) atoms. The highest BCUT2D eigenvalue weighted by Gasteiger charge is 2.17. The van der Waals surface area contributed by atoms with Crippen LogP contribution in [0.2, 0.25) is 5.15 Å². The Kier molecular flexibility index (Phi) is 4.93. The molecule has 0 radical (unpaired) electrons. The third-order valence-electron chi connectivity index (χ3n) is 2.76. The molecule has 5 nitrogen and oxygen atoms in total. The number of hydrogen-bond donors (Lipinski definition) is 1. The van der Waals surface area contributed by atoms with Gasteiger partial charge in [0.15, 0.2) is 0 Å². The zero-order valence-corrected chi connectivity index (χ0v) is 13.0. The van der Waals surface area contributed by atoms with Crippen molar-refractivity contribution >= 4 is 40.5 Å². The van der Waals surface area contributed by atoms with Crippen LogP contribution in [0.5, 0.6) is 0 Å². The summed E-state index contributed by atoms with van der Waals surface area (Å²) in [7, 11) is 1.30. The van der Waals surface area contributed by atoms with Gasteiger partial charge in [-0.1, -0.05) is 18.5 Å². The summed E-state index contributed by atoms with van der Waals surface area (Å²) in [6.45, 7) is 1.93. The van der Waals surface area contributed by atoms with Crippen molar-refractivity contribution in [2.45, 2.75) is 13.3 Å². The summed E-state index contributed by atoms with van der Waals surface area (Å²) in [5.74, 6) is -0.833. The second-order valence-corrected chi connectivity index (χ2v) is 5.44. The average Bonchev–Trinajstić information content (AvgIpc) is 2.93. The first-order valence-corrected chi connectivity index (χ1v) is 7.44. The number of amides is 1. The lowest BCUT2D eigenvalue weighted by atomic mass is 10.2. The van der Waals surface area contributed by atoms with Crippen LogP contribution in [0.1, 0.15) is 32.6 Å². The first-order valence-electron chi connectivity index (χ1n) is 6.18. The van der Waals surface area contributed by atoms with Crippen LogP contribution < -0.4 is 5.32 Å². The lowest BCUT2D eigenvalue weighted by Crippen LogP contribution is -2.14. The zero-order valence-electron chi connectivity index (χ0n) is 11.5. The van der Waals surface area contributed by atoms with Crippen LogP contribution in [0.25, 0.3) is 0 Å². The third-order valence-corrected chi connectivity index (χ3v) is 3.84. The standard InChI is InChI=1S/C14H13ClN2O3S/c1-3-9-6-8(7-11(15)16-9)13(18)17-10-4-5-21-12(10)14(19)20-2/h4-7H,3H2,1-2H3,(H,17,18). The second kappa shape index (κ2) is 6.69. The van der Waals surface area contributed by atoms with Gasteiger partial charge < -0.3 is 10.1 Å². The lowest BCUT2D eigenvalue weighted by molar-refractivity contribution is 0.0607. The van der Waals surface area contributed by atoms with Crippen LogP contribution in [-0.2, 0) is 11.2 Å². The summed E-state index contributed by atoms with van der Waals surface area (Å²) in [6, 6.07) is 4.81. The topological polar surface area (TPSA) is 68.3 Å². The Morgan fingerprint density at radius 3 is 2.86 bits per heavy atom. The van der Waals surface area contributed by atoms with Crippen molar-refractivity contribution in [3.63, 3.8) is 0 Å². The minimum atomic E-state index is -0.484. The van der Waals surface area contributed by atoms with Crippen molar-refractivity contribution in [3.05, 3.63) is 44.9 Å². The first kappa shape index (κ1) is 15.5. The fourth-order valence-electron chi connectivity index (χ4n) is 1.72. The number of nitrogens with one attached hydrogen (secondary N) is 1. The quantitative estimate of drug-likeness (QED) is 0.691. The molecule has 0 aliphatic heterocycles. The van der Waals surface area contributed by atoms with Gasteiger partial charge in [-0.15, -0.1) is 11.3 Å². The Morgan fingerprint density at radius 2 is 2.19 bits per heavy atom. The van der Waals surface area contributed by atoms with Crippen molar-refractivity contribution in [2.75, 3.05) is 12.4 Å². The third kappa shape index (κ3) is 3.59. The number of methoxy groups -OCH3 is 1. The van der Waals surface area contributed by atoms with Crippen LogP contribution >= 0.6 is 22.9 Å². The number of aryl methyl sites for hydroxylation is 1. The Labute approximate surface area is 130 Å². The van der Waals surface area contributed by atoms with Crippen LogP contribution in [0, 0.1) is 0 Å². The number of nitrogens with zero attached hydrogens (tertiary/aromatic N) is 1. The highest BCUT2D eigenvalue weighted by Crippen LogP contribution is 2.24. The molecule has 0 aliphatic rings. The summed E-state index contributed by atoms with van der Waals surface area (Å²) in [6.07, 6.45) is 0.673. The lowest BCUT2D eigenvalue weighted by Gasteiger charge is -2.07. The molecule has 0 saturated carbocycles. The van der Waals surface area contributed by atoms with E-state index in [1.807, 2.05) is 6.92 Å². The van der Waals surface area contributed by atoms with E-state index in [2.05, 4.69) is 15.0 Å². The van der Waals surface area contributed by atoms with Gasteiger partial charge in [-0.05, 0) is 30.0 Å². The molecule has 0 fully saturated rings. The van der Waals surface area contributed by atoms with Crippen molar-refractivity contribution in [3.8, 4) is 0 Å². The molecule has 2 aromatic rings. The monoisotopic (exact) mass is 324 g/mol. The van der Waals surface area contributed by atoms with Gasteiger partial charge in [-0.25, -0.2) is 9.78 Å². The highest BCUT2D eigenvalue weighted by molar-refractivity contribution is 7.12. The zero-order chi connectivity index (χ0) is 15.4. The number of esters is 1. The molecule has 2 aromatic heterocycles. The number of thiophene rings is 1. The smallest absolute Gasteiger partial charge is 0.350 e. The molecule has 1 N–H and O–H groups in total. The predicted molar refractivity (Wildman–Crippen MR) is 82.2 cm³/mol. The van der Waals surface area contributed by atoms with Crippen molar-refractivity contribution < 1.29 is 14.3 Å². The van der Waals surface area contributed by atoms with Gasteiger partial charge in [-0.3, -0.25) is 4.79 Å². The summed E-state index contributed by atoms with van der Waals surface area (Å²) < 4.78 is 4.67. The molecule has 0 unspecified atom stereocenters. The average molecular weight is 325 g/mol. The van der Waals surface area contributed by atoms with E-state index in [0.717, 1.165) is 5.69 Å². The normalized spacial score (nSPS) is 10.2. The van der Waals surface area contributed by atoms with E-state index in [9.17, 15) is 9.59 Å². The van der Waals surface area contributed by atoms with E-state index < -0.39 is 5.97 Å². The van der Waals surface area contributed by atoms with Gasteiger partial charge in [0.2, 0.25) is 0 Å². The van der Waals surface area contributed by atoms with E-state index in [-0.39, 0.29) is 11.1 Å². The molecule has 110 valence electrons. The predicted octanol–water partition coefficient (Wildman–Crippen LogP) is 3.40. The second-order valence-electron chi connectivity index (χ2n) is 4.13. The number of rotatable bonds is 4.